The highest BCUT2D eigenvalue weighted by Gasteiger charge is 2.33. The molecule has 2 aromatic rings. The van der Waals surface area contributed by atoms with Crippen LogP contribution in [0.1, 0.15) is 54.4 Å². The third kappa shape index (κ3) is 4.43. The van der Waals surface area contributed by atoms with Gasteiger partial charge < -0.3 is 10.2 Å². The molecule has 1 aliphatic rings. The molecule has 8 heteroatoms. The molecule has 1 aromatic heterocycles. The number of likely N-dealkylation sites (tertiary alicyclic amines) is 1. The predicted octanol–water partition coefficient (Wildman–Crippen LogP) is 4.95. The lowest BCUT2D eigenvalue weighted by atomic mass is 9.99. The molecule has 1 fully saturated rings. The monoisotopic (exact) mass is 392 g/mol. The average molecular weight is 392 g/mol. The Kier molecular flexibility index (Phi) is 5.86. The van der Waals surface area contributed by atoms with E-state index in [0.29, 0.717) is 12.2 Å². The van der Waals surface area contributed by atoms with Crippen LogP contribution in [-0.4, -0.2) is 33.4 Å². The summed E-state index contributed by atoms with van der Waals surface area (Å²) >= 11 is 0. The summed E-state index contributed by atoms with van der Waals surface area (Å²) in [6.45, 7) is 4.40. The summed E-state index contributed by atoms with van der Waals surface area (Å²) in [5.41, 5.74) is -0.256. The molecule has 28 heavy (non-hydrogen) atoms. The number of halogens is 3. The van der Waals surface area contributed by atoms with Crippen molar-refractivity contribution in [3.8, 4) is 0 Å². The summed E-state index contributed by atoms with van der Waals surface area (Å²) in [6.07, 6.45) is -0.660. The second kappa shape index (κ2) is 8.16. The Hall–Kier alpha value is -2.64. The topological polar surface area (TPSA) is 58.1 Å². The molecule has 1 N–H and O–H groups in total. The maximum Gasteiger partial charge on any atom is 0.418 e. The quantitative estimate of drug-likeness (QED) is 0.800. The number of aromatic nitrogens is 2. The number of amides is 1. The number of para-hydroxylation sites is 1. The first-order valence-electron chi connectivity index (χ1n) is 9.39. The molecule has 0 saturated carbocycles. The number of hydrogen-bond donors (Lipinski definition) is 1. The van der Waals surface area contributed by atoms with Crippen LogP contribution in [0.15, 0.2) is 30.3 Å². The van der Waals surface area contributed by atoms with Gasteiger partial charge in [-0.25, -0.2) is 9.97 Å². The normalized spacial score (nSPS) is 17.5. The maximum absolute atomic E-state index is 13.2. The molecule has 1 aliphatic heterocycles. The SMILES string of the molecule is CCC1CCCCN1C(=O)c1cc(C)nc(Nc2ccccc2C(F)(F)F)n1. The van der Waals surface area contributed by atoms with Crippen LogP contribution >= 0.6 is 0 Å². The molecular weight excluding hydrogens is 369 g/mol. The molecule has 150 valence electrons. The highest BCUT2D eigenvalue weighted by Crippen LogP contribution is 2.35. The number of anilines is 2. The van der Waals surface area contributed by atoms with Crippen molar-refractivity contribution in [2.75, 3.05) is 11.9 Å². The summed E-state index contributed by atoms with van der Waals surface area (Å²) in [7, 11) is 0. The molecule has 1 atom stereocenters. The number of nitrogens with zero attached hydrogens (tertiary/aromatic N) is 3. The first-order valence-corrected chi connectivity index (χ1v) is 9.39. The Morgan fingerprint density at radius 1 is 1.25 bits per heavy atom. The zero-order chi connectivity index (χ0) is 20.3. The molecule has 1 aromatic carbocycles. The van der Waals surface area contributed by atoms with Gasteiger partial charge in [0.25, 0.3) is 5.91 Å². The zero-order valence-corrected chi connectivity index (χ0v) is 15.9. The number of hydrogen-bond acceptors (Lipinski definition) is 4. The average Bonchev–Trinajstić information content (AvgIpc) is 2.66. The molecular formula is C20H23F3N4O. The summed E-state index contributed by atoms with van der Waals surface area (Å²) in [5.74, 6) is -0.227. The highest BCUT2D eigenvalue weighted by atomic mass is 19.4. The highest BCUT2D eigenvalue weighted by molar-refractivity contribution is 5.93. The van der Waals surface area contributed by atoms with E-state index in [-0.39, 0.29) is 29.3 Å². The molecule has 0 bridgehead atoms. The van der Waals surface area contributed by atoms with Crippen LogP contribution in [0, 0.1) is 6.92 Å². The standard InChI is InChI=1S/C20H23F3N4O/c1-3-14-8-6-7-11-27(14)18(28)17-12-13(2)24-19(26-17)25-16-10-5-4-9-15(16)20(21,22)23/h4-5,9-10,12,14H,3,6-8,11H2,1-2H3,(H,24,25,26). The molecule has 0 radical (unpaired) electrons. The molecule has 3 rings (SSSR count). The fourth-order valence-electron chi connectivity index (χ4n) is 3.53. The molecule has 0 spiro atoms. The zero-order valence-electron chi connectivity index (χ0n) is 15.9. The summed E-state index contributed by atoms with van der Waals surface area (Å²) in [6, 6.07) is 6.86. The Balaban J connectivity index is 1.90. The molecule has 1 amide bonds. The number of aryl methyl sites for hydroxylation is 1. The van der Waals surface area contributed by atoms with E-state index in [9.17, 15) is 18.0 Å². The van der Waals surface area contributed by atoms with Gasteiger partial charge in [-0.1, -0.05) is 19.1 Å². The largest absolute Gasteiger partial charge is 0.418 e. The van der Waals surface area contributed by atoms with Crippen LogP contribution in [0.25, 0.3) is 0 Å². The van der Waals surface area contributed by atoms with Crippen molar-refractivity contribution in [3.63, 3.8) is 0 Å². The lowest BCUT2D eigenvalue weighted by Crippen LogP contribution is -2.43. The smallest absolute Gasteiger partial charge is 0.334 e. The number of rotatable bonds is 4. The van der Waals surface area contributed by atoms with Gasteiger partial charge in [-0.05, 0) is 50.8 Å². The molecule has 5 nitrogen and oxygen atoms in total. The van der Waals surface area contributed by atoms with Crippen molar-refractivity contribution in [2.24, 2.45) is 0 Å². The minimum absolute atomic E-state index is 0.0230. The van der Waals surface area contributed by atoms with E-state index >= 15 is 0 Å². The van der Waals surface area contributed by atoms with Crippen molar-refractivity contribution in [1.82, 2.24) is 14.9 Å². The minimum atomic E-state index is -4.51. The van der Waals surface area contributed by atoms with Crippen molar-refractivity contribution in [3.05, 3.63) is 47.3 Å². The van der Waals surface area contributed by atoms with Gasteiger partial charge in [-0.3, -0.25) is 4.79 Å². The maximum atomic E-state index is 13.2. The van der Waals surface area contributed by atoms with Gasteiger partial charge >= 0.3 is 6.18 Å². The van der Waals surface area contributed by atoms with Crippen LogP contribution in [0.2, 0.25) is 0 Å². The Labute approximate surface area is 162 Å². The van der Waals surface area contributed by atoms with Crippen LogP contribution in [0.4, 0.5) is 24.8 Å². The Morgan fingerprint density at radius 2 is 2.00 bits per heavy atom. The Morgan fingerprint density at radius 3 is 2.71 bits per heavy atom. The van der Waals surface area contributed by atoms with Gasteiger partial charge in [0.05, 0.1) is 11.3 Å². The number of piperidine rings is 1. The first kappa shape index (κ1) is 20.1. The number of alkyl halides is 3. The van der Waals surface area contributed by atoms with Crippen molar-refractivity contribution < 1.29 is 18.0 Å². The van der Waals surface area contributed by atoms with E-state index in [1.807, 2.05) is 11.8 Å². The van der Waals surface area contributed by atoms with Crippen LogP contribution in [-0.2, 0) is 6.18 Å². The van der Waals surface area contributed by atoms with E-state index < -0.39 is 11.7 Å². The fourth-order valence-corrected chi connectivity index (χ4v) is 3.53. The second-order valence-electron chi connectivity index (χ2n) is 6.94. The number of carbonyl (C=O) groups is 1. The predicted molar refractivity (Wildman–Crippen MR) is 100 cm³/mol. The van der Waals surface area contributed by atoms with Gasteiger partial charge in [0.1, 0.15) is 5.69 Å². The van der Waals surface area contributed by atoms with E-state index in [4.69, 9.17) is 0 Å². The van der Waals surface area contributed by atoms with Crippen molar-refractivity contribution in [1.29, 1.82) is 0 Å². The van der Waals surface area contributed by atoms with E-state index in [2.05, 4.69) is 15.3 Å². The van der Waals surface area contributed by atoms with Gasteiger partial charge in [0.2, 0.25) is 5.95 Å². The number of nitrogens with one attached hydrogen (secondary N) is 1. The van der Waals surface area contributed by atoms with Crippen molar-refractivity contribution in [2.45, 2.75) is 51.7 Å². The van der Waals surface area contributed by atoms with Gasteiger partial charge in [-0.2, -0.15) is 13.2 Å². The second-order valence-corrected chi connectivity index (χ2v) is 6.94. The molecule has 1 saturated heterocycles. The summed E-state index contributed by atoms with van der Waals surface area (Å²) in [4.78, 5) is 23.2. The molecule has 1 unspecified atom stereocenters. The van der Waals surface area contributed by atoms with Crippen molar-refractivity contribution >= 4 is 17.5 Å². The van der Waals surface area contributed by atoms with E-state index in [1.54, 1.807) is 13.0 Å². The Bertz CT molecular complexity index is 854. The third-order valence-electron chi connectivity index (χ3n) is 4.91. The van der Waals surface area contributed by atoms with Gasteiger partial charge in [0, 0.05) is 18.3 Å². The van der Waals surface area contributed by atoms with E-state index in [0.717, 1.165) is 31.7 Å². The summed E-state index contributed by atoms with van der Waals surface area (Å²) < 4.78 is 39.7. The van der Waals surface area contributed by atoms with Crippen LogP contribution in [0.5, 0.6) is 0 Å². The van der Waals surface area contributed by atoms with E-state index in [1.165, 1.54) is 18.2 Å². The lowest BCUT2D eigenvalue weighted by Gasteiger charge is -2.35. The van der Waals surface area contributed by atoms with Gasteiger partial charge in [-0.15, -0.1) is 0 Å². The number of benzene rings is 1. The molecule has 0 aliphatic carbocycles. The van der Waals surface area contributed by atoms with Crippen LogP contribution < -0.4 is 5.32 Å². The fraction of sp³-hybridized carbons (Fsp3) is 0.450. The minimum Gasteiger partial charge on any atom is -0.334 e. The van der Waals surface area contributed by atoms with Crippen LogP contribution in [0.3, 0.4) is 0 Å². The number of carbonyl (C=O) groups excluding carboxylic acids is 1. The lowest BCUT2D eigenvalue weighted by molar-refractivity contribution is -0.136. The molecule has 2 heterocycles. The summed E-state index contributed by atoms with van der Waals surface area (Å²) in [5, 5.41) is 2.63. The third-order valence-corrected chi connectivity index (χ3v) is 4.91. The van der Waals surface area contributed by atoms with Gasteiger partial charge in [0.15, 0.2) is 0 Å². The first-order chi connectivity index (χ1) is 13.3.